The largest absolute Gasteiger partial charge is 0.497 e. The number of rotatable bonds is 7. The van der Waals surface area contributed by atoms with Gasteiger partial charge in [-0.2, -0.15) is 0 Å². The van der Waals surface area contributed by atoms with Gasteiger partial charge in [0.2, 0.25) is 0 Å². The molecule has 6 heteroatoms. The molecule has 0 aliphatic heterocycles. The number of nitrogens with two attached hydrogens (primary N) is 1. The van der Waals surface area contributed by atoms with Crippen LogP contribution in [0.4, 0.5) is 5.69 Å². The molecule has 2 N–H and O–H groups in total. The molecule has 18 heavy (non-hydrogen) atoms. The van der Waals surface area contributed by atoms with Gasteiger partial charge in [-0.1, -0.05) is 6.92 Å². The Morgan fingerprint density at radius 3 is 2.56 bits per heavy atom. The quantitative estimate of drug-likeness (QED) is 0.761. The SMILES string of the molecule is CCCS(=O)(=O)CCOc1ccc(OC)cc1N. The molecule has 1 rings (SSSR count). The minimum atomic E-state index is -3.02. The van der Waals surface area contributed by atoms with Gasteiger partial charge in [0.25, 0.3) is 0 Å². The molecule has 1 aromatic carbocycles. The van der Waals surface area contributed by atoms with Crippen molar-refractivity contribution in [2.24, 2.45) is 0 Å². The number of nitrogen functional groups attached to an aromatic ring is 1. The number of sulfone groups is 1. The average Bonchev–Trinajstić information content (AvgIpc) is 2.31. The minimum absolute atomic E-state index is 0.00626. The molecule has 0 unspecified atom stereocenters. The Bertz CT molecular complexity index is 485. The number of methoxy groups -OCH3 is 1. The summed E-state index contributed by atoms with van der Waals surface area (Å²) in [5.74, 6) is 1.31. The molecule has 0 saturated heterocycles. The first-order valence-electron chi connectivity index (χ1n) is 5.75. The Morgan fingerprint density at radius 1 is 1.28 bits per heavy atom. The summed E-state index contributed by atoms with van der Waals surface area (Å²) in [6, 6.07) is 5.02. The van der Waals surface area contributed by atoms with Gasteiger partial charge in [0, 0.05) is 6.07 Å². The maximum Gasteiger partial charge on any atom is 0.153 e. The highest BCUT2D eigenvalue weighted by molar-refractivity contribution is 7.91. The highest BCUT2D eigenvalue weighted by Crippen LogP contribution is 2.26. The number of anilines is 1. The lowest BCUT2D eigenvalue weighted by atomic mass is 10.3. The molecule has 0 atom stereocenters. The highest BCUT2D eigenvalue weighted by Gasteiger charge is 2.10. The first-order chi connectivity index (χ1) is 8.48. The fraction of sp³-hybridized carbons (Fsp3) is 0.500. The number of ether oxygens (including phenoxy) is 2. The Balaban J connectivity index is 2.54. The van der Waals surface area contributed by atoms with Crippen molar-refractivity contribution in [1.29, 1.82) is 0 Å². The molecule has 0 bridgehead atoms. The van der Waals surface area contributed by atoms with Crippen molar-refractivity contribution in [2.45, 2.75) is 13.3 Å². The van der Waals surface area contributed by atoms with Crippen molar-refractivity contribution < 1.29 is 17.9 Å². The van der Waals surface area contributed by atoms with Crippen LogP contribution in [0.1, 0.15) is 13.3 Å². The van der Waals surface area contributed by atoms with Crippen molar-refractivity contribution in [3.8, 4) is 11.5 Å². The van der Waals surface area contributed by atoms with E-state index in [9.17, 15) is 8.42 Å². The van der Waals surface area contributed by atoms with Crippen LogP contribution in [-0.2, 0) is 9.84 Å². The van der Waals surface area contributed by atoms with Crippen molar-refractivity contribution in [3.05, 3.63) is 18.2 Å². The van der Waals surface area contributed by atoms with Gasteiger partial charge in [0.05, 0.1) is 24.3 Å². The Kier molecular flexibility index (Phi) is 5.27. The summed E-state index contributed by atoms with van der Waals surface area (Å²) in [6.07, 6.45) is 0.618. The van der Waals surface area contributed by atoms with E-state index in [0.717, 1.165) is 0 Å². The molecule has 5 nitrogen and oxygen atoms in total. The molecular formula is C12H19NO4S. The van der Waals surface area contributed by atoms with Gasteiger partial charge in [-0.25, -0.2) is 8.42 Å². The molecule has 1 aromatic rings. The monoisotopic (exact) mass is 273 g/mol. The van der Waals surface area contributed by atoms with Gasteiger partial charge in [-0.3, -0.25) is 0 Å². The average molecular weight is 273 g/mol. The second kappa shape index (κ2) is 6.49. The molecule has 0 saturated carbocycles. The summed E-state index contributed by atoms with van der Waals surface area (Å²) < 4.78 is 33.3. The van der Waals surface area contributed by atoms with Crippen LogP contribution >= 0.6 is 0 Å². The lowest BCUT2D eigenvalue weighted by molar-refractivity contribution is 0.341. The topological polar surface area (TPSA) is 78.6 Å². The van der Waals surface area contributed by atoms with Gasteiger partial charge in [-0.15, -0.1) is 0 Å². The van der Waals surface area contributed by atoms with Gasteiger partial charge < -0.3 is 15.2 Å². The summed E-state index contributed by atoms with van der Waals surface area (Å²) in [5, 5.41) is 0. The van der Waals surface area contributed by atoms with Crippen LogP contribution in [-0.4, -0.2) is 33.6 Å². The summed E-state index contributed by atoms with van der Waals surface area (Å²) in [5.41, 5.74) is 6.18. The molecule has 0 aliphatic carbocycles. The van der Waals surface area contributed by atoms with E-state index < -0.39 is 9.84 Å². The van der Waals surface area contributed by atoms with Gasteiger partial charge in [0.1, 0.15) is 18.1 Å². The standard InChI is InChI=1S/C12H19NO4S/c1-3-7-18(14,15)8-6-17-12-5-4-10(16-2)9-11(12)13/h4-5,9H,3,6-8,13H2,1-2H3. The summed E-state index contributed by atoms with van der Waals surface area (Å²) in [4.78, 5) is 0. The molecule has 0 aliphatic rings. The Labute approximate surface area is 108 Å². The third-order valence-electron chi connectivity index (χ3n) is 2.38. The molecule has 0 radical (unpaired) electrons. The van der Waals surface area contributed by atoms with E-state index >= 15 is 0 Å². The molecule has 0 fully saturated rings. The minimum Gasteiger partial charge on any atom is -0.497 e. The fourth-order valence-corrected chi connectivity index (χ4v) is 2.64. The van der Waals surface area contributed by atoms with E-state index in [2.05, 4.69) is 0 Å². The fourth-order valence-electron chi connectivity index (χ4n) is 1.48. The summed E-state index contributed by atoms with van der Waals surface area (Å²) in [6.45, 7) is 1.94. The molecule has 0 aromatic heterocycles. The second-order valence-corrected chi connectivity index (χ2v) is 6.21. The lowest BCUT2D eigenvalue weighted by Gasteiger charge is -2.10. The Morgan fingerprint density at radius 2 is 2.00 bits per heavy atom. The van der Waals surface area contributed by atoms with E-state index in [1.54, 1.807) is 25.3 Å². The van der Waals surface area contributed by atoms with Crippen LogP contribution in [0.25, 0.3) is 0 Å². The summed E-state index contributed by atoms with van der Waals surface area (Å²) in [7, 11) is -1.47. The third-order valence-corrected chi connectivity index (χ3v) is 4.20. The van der Waals surface area contributed by atoms with Crippen LogP contribution in [0.2, 0.25) is 0 Å². The van der Waals surface area contributed by atoms with Crippen LogP contribution in [0.5, 0.6) is 11.5 Å². The number of hydrogen-bond acceptors (Lipinski definition) is 5. The van der Waals surface area contributed by atoms with Crippen molar-refractivity contribution in [3.63, 3.8) is 0 Å². The molecule has 0 spiro atoms. The normalized spacial score (nSPS) is 11.2. The van der Waals surface area contributed by atoms with Crippen molar-refractivity contribution >= 4 is 15.5 Å². The van der Waals surface area contributed by atoms with E-state index in [4.69, 9.17) is 15.2 Å². The maximum atomic E-state index is 11.5. The van der Waals surface area contributed by atoms with Crippen LogP contribution in [0, 0.1) is 0 Å². The van der Waals surface area contributed by atoms with Crippen molar-refractivity contribution in [2.75, 3.05) is 31.0 Å². The number of hydrogen-bond donors (Lipinski definition) is 1. The van der Waals surface area contributed by atoms with E-state index in [1.807, 2.05) is 6.92 Å². The number of benzene rings is 1. The first-order valence-corrected chi connectivity index (χ1v) is 7.57. The van der Waals surface area contributed by atoms with Crippen LogP contribution in [0.3, 0.4) is 0 Å². The van der Waals surface area contributed by atoms with E-state index in [-0.39, 0.29) is 18.1 Å². The third kappa shape index (κ3) is 4.44. The highest BCUT2D eigenvalue weighted by atomic mass is 32.2. The van der Waals surface area contributed by atoms with E-state index in [1.165, 1.54) is 0 Å². The van der Waals surface area contributed by atoms with Crippen LogP contribution < -0.4 is 15.2 Å². The zero-order valence-electron chi connectivity index (χ0n) is 10.7. The van der Waals surface area contributed by atoms with Crippen LogP contribution in [0.15, 0.2) is 18.2 Å². The predicted octanol–water partition coefficient (Wildman–Crippen LogP) is 1.48. The zero-order valence-corrected chi connectivity index (χ0v) is 11.5. The van der Waals surface area contributed by atoms with E-state index in [0.29, 0.717) is 23.6 Å². The molecule has 0 amide bonds. The molecular weight excluding hydrogens is 254 g/mol. The van der Waals surface area contributed by atoms with Gasteiger partial charge >= 0.3 is 0 Å². The predicted molar refractivity (Wildman–Crippen MR) is 71.8 cm³/mol. The Hall–Kier alpha value is -1.43. The molecule has 0 heterocycles. The van der Waals surface area contributed by atoms with Gasteiger partial charge in [0.15, 0.2) is 9.84 Å². The smallest absolute Gasteiger partial charge is 0.153 e. The zero-order chi connectivity index (χ0) is 13.6. The summed E-state index contributed by atoms with van der Waals surface area (Å²) >= 11 is 0. The maximum absolute atomic E-state index is 11.5. The first kappa shape index (κ1) is 14.6. The second-order valence-electron chi connectivity index (χ2n) is 3.90. The molecule has 102 valence electrons. The lowest BCUT2D eigenvalue weighted by Crippen LogP contribution is -2.17. The van der Waals surface area contributed by atoms with Crippen molar-refractivity contribution in [1.82, 2.24) is 0 Å². The van der Waals surface area contributed by atoms with Gasteiger partial charge in [-0.05, 0) is 18.6 Å².